The molecule has 1 saturated heterocycles. The normalized spacial score (nSPS) is 26.2. The SMILES string of the molecule is C=CCCCN(C[C@H](C(=O)OC(C)(C)C)C(=O)N(C(=O)[C@@H]1C[C@@H](O[Si](C)(C)C(C)(C)C)CN1)C1(C(=O)O)CC1C=C)C1CC1. The molecule has 0 spiro atoms. The maximum atomic E-state index is 14.6. The largest absolute Gasteiger partial charge is 0.479 e. The van der Waals surface area contributed by atoms with Crippen molar-refractivity contribution < 1.29 is 33.4 Å². The van der Waals surface area contributed by atoms with E-state index in [1.54, 1.807) is 20.8 Å². The van der Waals surface area contributed by atoms with Gasteiger partial charge in [0, 0.05) is 25.0 Å². The van der Waals surface area contributed by atoms with Crippen molar-refractivity contribution in [1.29, 1.82) is 0 Å². The van der Waals surface area contributed by atoms with Gasteiger partial charge in [-0.3, -0.25) is 24.2 Å². The average molecular weight is 634 g/mol. The number of aliphatic carboxylic acids is 1. The monoisotopic (exact) mass is 633 g/mol. The minimum Gasteiger partial charge on any atom is -0.479 e. The number of carboxylic acids is 1. The molecule has 3 aliphatic rings. The van der Waals surface area contributed by atoms with Crippen molar-refractivity contribution >= 4 is 32.1 Å². The number of amides is 2. The Balaban J connectivity index is 1.97. The van der Waals surface area contributed by atoms with E-state index in [1.165, 1.54) is 6.08 Å². The third-order valence-electron chi connectivity index (χ3n) is 9.46. The number of nitrogens with one attached hydrogen (secondary N) is 1. The molecule has 10 nitrogen and oxygen atoms in total. The predicted octanol–water partition coefficient (Wildman–Crippen LogP) is 4.51. The lowest BCUT2D eigenvalue weighted by atomic mass is 10.0. The molecule has 0 bridgehead atoms. The standard InChI is InChI=1S/C33H55N3O7Si/c1-11-13-14-17-35(23-15-16-23)21-25(29(39)42-31(3,4)5)27(37)36(33(30(40)41)19-22(33)12-2)28(38)26-18-24(20-34-26)43-44(9,10)32(6,7)8/h11-12,22-26,34H,1-2,13-21H2,3-10H3,(H,40,41)/t22?,24-,25+,26+,33?/m1/s1. The van der Waals surface area contributed by atoms with Crippen LogP contribution in [0.5, 0.6) is 0 Å². The quantitative estimate of drug-likeness (QED) is 0.0881. The van der Waals surface area contributed by atoms with E-state index in [0.717, 1.165) is 30.6 Å². The number of carbonyl (C=O) groups excluding carboxylic acids is 3. The second-order valence-electron chi connectivity index (χ2n) is 15.2. The summed E-state index contributed by atoms with van der Waals surface area (Å²) in [5, 5.41) is 13.6. The molecular weight excluding hydrogens is 578 g/mol. The van der Waals surface area contributed by atoms with E-state index in [2.05, 4.69) is 57.2 Å². The number of carbonyl (C=O) groups is 4. The van der Waals surface area contributed by atoms with Crippen LogP contribution in [0.25, 0.3) is 0 Å². The van der Waals surface area contributed by atoms with Crippen LogP contribution in [-0.4, -0.2) is 95.9 Å². The van der Waals surface area contributed by atoms with Gasteiger partial charge in [-0.1, -0.05) is 32.9 Å². The number of ether oxygens (including phenoxy) is 1. The summed E-state index contributed by atoms with van der Waals surface area (Å²) in [6.07, 6.45) is 6.89. The Bertz CT molecular complexity index is 1120. The summed E-state index contributed by atoms with van der Waals surface area (Å²) in [6, 6.07) is -0.607. The highest BCUT2D eigenvalue weighted by atomic mass is 28.4. The van der Waals surface area contributed by atoms with Crippen LogP contribution in [0.3, 0.4) is 0 Å². The first-order chi connectivity index (χ1) is 20.3. The molecular formula is C33H55N3O7Si. The molecule has 1 aliphatic heterocycles. The zero-order valence-corrected chi connectivity index (χ0v) is 29.1. The van der Waals surface area contributed by atoms with E-state index in [1.807, 2.05) is 6.08 Å². The predicted molar refractivity (Wildman–Crippen MR) is 172 cm³/mol. The van der Waals surface area contributed by atoms with E-state index in [9.17, 15) is 24.3 Å². The van der Waals surface area contributed by atoms with Crippen molar-refractivity contribution in [2.45, 2.75) is 128 Å². The number of allylic oxidation sites excluding steroid dienone is 1. The fourth-order valence-electron chi connectivity index (χ4n) is 5.70. The van der Waals surface area contributed by atoms with E-state index in [-0.39, 0.29) is 30.1 Å². The molecule has 248 valence electrons. The number of hydrogen-bond donors (Lipinski definition) is 2. The summed E-state index contributed by atoms with van der Waals surface area (Å²) in [5.41, 5.74) is -2.68. The van der Waals surface area contributed by atoms with Gasteiger partial charge in [-0.25, -0.2) is 4.79 Å². The minimum atomic E-state index is -2.15. The van der Waals surface area contributed by atoms with Gasteiger partial charge in [-0.15, -0.1) is 13.2 Å². The third kappa shape index (κ3) is 8.27. The molecule has 2 amide bonds. The fourth-order valence-corrected chi connectivity index (χ4v) is 7.07. The van der Waals surface area contributed by atoms with Crippen molar-refractivity contribution in [3.63, 3.8) is 0 Å². The van der Waals surface area contributed by atoms with Crippen LogP contribution in [0, 0.1) is 11.8 Å². The Hall–Kier alpha value is -2.34. The van der Waals surface area contributed by atoms with Crippen molar-refractivity contribution in [3.05, 3.63) is 25.3 Å². The lowest BCUT2D eigenvalue weighted by Crippen LogP contribution is -2.60. The topological polar surface area (TPSA) is 125 Å². The van der Waals surface area contributed by atoms with Crippen molar-refractivity contribution in [3.8, 4) is 0 Å². The van der Waals surface area contributed by atoms with Crippen molar-refractivity contribution in [1.82, 2.24) is 15.1 Å². The van der Waals surface area contributed by atoms with Gasteiger partial charge in [-0.2, -0.15) is 0 Å². The van der Waals surface area contributed by atoms with Gasteiger partial charge in [0.2, 0.25) is 11.8 Å². The molecule has 44 heavy (non-hydrogen) atoms. The molecule has 3 rings (SSSR count). The zero-order valence-electron chi connectivity index (χ0n) is 28.1. The Morgan fingerprint density at radius 1 is 1.11 bits per heavy atom. The molecule has 5 atom stereocenters. The van der Waals surface area contributed by atoms with Crippen LogP contribution in [0.4, 0.5) is 0 Å². The van der Waals surface area contributed by atoms with Crippen LogP contribution in [0.15, 0.2) is 25.3 Å². The van der Waals surface area contributed by atoms with Crippen LogP contribution < -0.4 is 5.32 Å². The van der Waals surface area contributed by atoms with Crippen molar-refractivity contribution in [2.24, 2.45) is 11.8 Å². The van der Waals surface area contributed by atoms with E-state index in [0.29, 0.717) is 19.5 Å². The number of imide groups is 1. The summed E-state index contributed by atoms with van der Waals surface area (Å²) in [6.45, 7) is 24.5. The van der Waals surface area contributed by atoms with E-state index in [4.69, 9.17) is 9.16 Å². The summed E-state index contributed by atoms with van der Waals surface area (Å²) >= 11 is 0. The minimum absolute atomic E-state index is 0.0323. The van der Waals surface area contributed by atoms with Crippen LogP contribution in [0.1, 0.15) is 80.1 Å². The summed E-state index contributed by atoms with van der Waals surface area (Å²) in [7, 11) is -2.15. The molecule has 11 heteroatoms. The van der Waals surface area contributed by atoms with Gasteiger partial charge < -0.3 is 19.6 Å². The lowest BCUT2D eigenvalue weighted by molar-refractivity contribution is -0.172. The maximum Gasteiger partial charge on any atom is 0.330 e. The Labute approximate surface area is 264 Å². The second-order valence-corrected chi connectivity index (χ2v) is 20.0. The molecule has 2 aliphatic carbocycles. The number of unbranched alkanes of at least 4 members (excludes halogenated alkanes) is 1. The summed E-state index contributed by atoms with van der Waals surface area (Å²) in [4.78, 5) is 58.4. The molecule has 0 aromatic carbocycles. The lowest BCUT2D eigenvalue weighted by Gasteiger charge is -2.38. The highest BCUT2D eigenvalue weighted by Crippen LogP contribution is 2.51. The van der Waals surface area contributed by atoms with Gasteiger partial charge in [0.25, 0.3) is 0 Å². The second kappa shape index (κ2) is 13.6. The molecule has 3 fully saturated rings. The Morgan fingerprint density at radius 2 is 1.75 bits per heavy atom. The van der Waals surface area contributed by atoms with Crippen LogP contribution >= 0.6 is 0 Å². The molecule has 1 heterocycles. The van der Waals surface area contributed by atoms with Gasteiger partial charge in [0.05, 0.1) is 12.1 Å². The van der Waals surface area contributed by atoms with Gasteiger partial charge in [0.15, 0.2) is 13.9 Å². The molecule has 0 aromatic rings. The first-order valence-corrected chi connectivity index (χ1v) is 18.9. The summed E-state index contributed by atoms with van der Waals surface area (Å²) < 4.78 is 12.3. The smallest absolute Gasteiger partial charge is 0.330 e. The Kier molecular flexibility index (Phi) is 11.1. The first-order valence-electron chi connectivity index (χ1n) is 16.0. The highest BCUT2D eigenvalue weighted by molar-refractivity contribution is 6.74. The maximum absolute atomic E-state index is 14.6. The molecule has 0 aromatic heterocycles. The van der Waals surface area contributed by atoms with E-state index < -0.39 is 61.1 Å². The number of esters is 1. The van der Waals surface area contributed by atoms with Gasteiger partial charge in [0.1, 0.15) is 11.5 Å². The van der Waals surface area contributed by atoms with Crippen LogP contribution in [-0.2, 0) is 28.3 Å². The zero-order chi connectivity index (χ0) is 33.3. The third-order valence-corrected chi connectivity index (χ3v) is 14.0. The van der Waals surface area contributed by atoms with E-state index >= 15 is 0 Å². The number of nitrogens with zero attached hydrogens (tertiary/aromatic N) is 2. The fraction of sp³-hybridized carbons (Fsp3) is 0.758. The van der Waals surface area contributed by atoms with Crippen molar-refractivity contribution in [2.75, 3.05) is 19.6 Å². The first kappa shape index (κ1) is 36.1. The molecule has 0 radical (unpaired) electrons. The molecule has 2 saturated carbocycles. The Morgan fingerprint density at radius 3 is 2.23 bits per heavy atom. The number of carboxylic acid groups (broad SMARTS) is 1. The summed E-state index contributed by atoms with van der Waals surface area (Å²) in [5.74, 6) is -5.53. The molecule has 2 N–H and O–H groups in total. The number of hydrogen-bond acceptors (Lipinski definition) is 8. The van der Waals surface area contributed by atoms with Gasteiger partial charge >= 0.3 is 11.9 Å². The van der Waals surface area contributed by atoms with Crippen LogP contribution in [0.2, 0.25) is 18.1 Å². The molecule has 2 unspecified atom stereocenters. The van der Waals surface area contributed by atoms with Gasteiger partial charge in [-0.05, 0) is 84.0 Å². The highest BCUT2D eigenvalue weighted by Gasteiger charge is 2.68. The average Bonchev–Trinajstić information content (AvgIpc) is 3.81. The number of rotatable bonds is 15.